The van der Waals surface area contributed by atoms with Crippen molar-refractivity contribution in [1.29, 1.82) is 0 Å². The first kappa shape index (κ1) is 15.7. The summed E-state index contributed by atoms with van der Waals surface area (Å²) >= 11 is 0. The fourth-order valence-corrected chi connectivity index (χ4v) is 5.43. The Balaban J connectivity index is 1.77. The fourth-order valence-electron chi connectivity index (χ4n) is 3.51. The van der Waals surface area contributed by atoms with Gasteiger partial charge in [0.1, 0.15) is 0 Å². The van der Waals surface area contributed by atoms with Crippen molar-refractivity contribution < 1.29 is 17.9 Å². The molecule has 3 rings (SSSR count). The molecule has 0 amide bonds. The maximum absolute atomic E-state index is 13.0. The third-order valence-corrected chi connectivity index (χ3v) is 6.71. The monoisotopic (exact) mass is 318 g/mol. The molecule has 0 spiro atoms. The largest absolute Gasteiger partial charge is 0.349 e. The third kappa shape index (κ3) is 3.42. The lowest BCUT2D eigenvalue weighted by atomic mass is 10.0. The second-order valence-electron chi connectivity index (χ2n) is 6.10. The van der Waals surface area contributed by atoms with Crippen molar-refractivity contribution in [2.75, 3.05) is 32.8 Å². The van der Waals surface area contributed by atoms with E-state index in [2.05, 4.69) is 0 Å². The molecule has 0 aromatic carbocycles. The van der Waals surface area contributed by atoms with Crippen LogP contribution in [0, 0.1) is 0 Å². The maximum atomic E-state index is 13.0. The van der Waals surface area contributed by atoms with Gasteiger partial charge in [-0.15, -0.1) is 0 Å². The lowest BCUT2D eigenvalue weighted by Gasteiger charge is -2.39. The van der Waals surface area contributed by atoms with Crippen LogP contribution in [0.4, 0.5) is 0 Å². The zero-order valence-corrected chi connectivity index (χ0v) is 13.4. The molecule has 0 radical (unpaired) electrons. The molecular formula is C14H26N2O4S. The molecule has 3 aliphatic rings. The Morgan fingerprint density at radius 1 is 0.810 bits per heavy atom. The number of hydrogen-bond acceptors (Lipinski definition) is 4. The van der Waals surface area contributed by atoms with Gasteiger partial charge in [0.05, 0.1) is 19.3 Å². The van der Waals surface area contributed by atoms with Crippen LogP contribution in [-0.4, -0.2) is 62.2 Å². The van der Waals surface area contributed by atoms with Crippen molar-refractivity contribution in [3.63, 3.8) is 0 Å². The molecule has 3 aliphatic heterocycles. The molecule has 6 nitrogen and oxygen atoms in total. The molecule has 0 saturated carbocycles. The van der Waals surface area contributed by atoms with Crippen LogP contribution >= 0.6 is 0 Å². The minimum absolute atomic E-state index is 0.158. The molecular weight excluding hydrogens is 292 g/mol. The first-order valence-electron chi connectivity index (χ1n) is 8.20. The summed E-state index contributed by atoms with van der Waals surface area (Å²) in [6.07, 6.45) is 6.61. The van der Waals surface area contributed by atoms with Gasteiger partial charge in [0.2, 0.25) is 0 Å². The molecule has 1 unspecified atom stereocenters. The van der Waals surface area contributed by atoms with Gasteiger partial charge >= 0.3 is 0 Å². The Labute approximate surface area is 127 Å². The van der Waals surface area contributed by atoms with Crippen LogP contribution in [0.25, 0.3) is 0 Å². The summed E-state index contributed by atoms with van der Waals surface area (Å²) in [4.78, 5) is 0. The Morgan fingerprint density at radius 3 is 2.10 bits per heavy atom. The van der Waals surface area contributed by atoms with Gasteiger partial charge in [-0.2, -0.15) is 17.0 Å². The molecule has 7 heteroatoms. The Kier molecular flexibility index (Phi) is 5.16. The highest BCUT2D eigenvalue weighted by atomic mass is 32.2. The van der Waals surface area contributed by atoms with Crippen molar-refractivity contribution >= 4 is 10.2 Å². The van der Waals surface area contributed by atoms with Gasteiger partial charge in [-0.1, -0.05) is 19.3 Å². The van der Waals surface area contributed by atoms with Crippen LogP contribution in [0.15, 0.2) is 0 Å². The van der Waals surface area contributed by atoms with Gasteiger partial charge < -0.3 is 9.47 Å². The standard InChI is InChI=1S/C14H26N2O4S/c17-21(18,15-8-4-1-2-5-9-15)16-10-6-3-7-13(16)14-19-11-12-20-14/h13-14H,1-12H2. The SMILES string of the molecule is O=S(=O)(N1CCCCCC1)N1CCCCC1C1OCCO1. The highest BCUT2D eigenvalue weighted by Crippen LogP contribution is 2.29. The summed E-state index contributed by atoms with van der Waals surface area (Å²) in [7, 11) is -3.39. The van der Waals surface area contributed by atoms with Crippen molar-refractivity contribution in [2.45, 2.75) is 57.3 Å². The average molecular weight is 318 g/mol. The topological polar surface area (TPSA) is 59.1 Å². The minimum atomic E-state index is -3.39. The molecule has 21 heavy (non-hydrogen) atoms. The molecule has 122 valence electrons. The van der Waals surface area contributed by atoms with Crippen LogP contribution in [0.2, 0.25) is 0 Å². The molecule has 0 bridgehead atoms. The van der Waals surface area contributed by atoms with Crippen molar-refractivity contribution in [3.05, 3.63) is 0 Å². The summed E-state index contributed by atoms with van der Waals surface area (Å²) in [5, 5.41) is 0. The molecule has 0 aliphatic carbocycles. The van der Waals surface area contributed by atoms with Gasteiger partial charge in [-0.05, 0) is 25.7 Å². The zero-order valence-electron chi connectivity index (χ0n) is 12.6. The zero-order chi connectivity index (χ0) is 14.7. The van der Waals surface area contributed by atoms with E-state index in [4.69, 9.17) is 9.47 Å². The molecule has 0 aromatic rings. The Bertz CT molecular complexity index is 428. The highest BCUT2D eigenvalue weighted by Gasteiger charge is 2.42. The maximum Gasteiger partial charge on any atom is 0.282 e. The molecule has 3 saturated heterocycles. The smallest absolute Gasteiger partial charge is 0.282 e. The van der Waals surface area contributed by atoms with Crippen molar-refractivity contribution in [2.24, 2.45) is 0 Å². The predicted molar refractivity (Wildman–Crippen MR) is 79.0 cm³/mol. The summed E-state index contributed by atoms with van der Waals surface area (Å²) < 4.78 is 40.5. The molecule has 3 fully saturated rings. The van der Waals surface area contributed by atoms with Gasteiger partial charge in [0.25, 0.3) is 10.2 Å². The third-order valence-electron chi connectivity index (χ3n) is 4.65. The average Bonchev–Trinajstić information content (AvgIpc) is 2.88. The normalized spacial score (nSPS) is 31.3. The second kappa shape index (κ2) is 6.91. The van der Waals surface area contributed by atoms with Crippen LogP contribution in [0.5, 0.6) is 0 Å². The Morgan fingerprint density at radius 2 is 1.43 bits per heavy atom. The number of nitrogens with zero attached hydrogens (tertiary/aromatic N) is 2. The number of hydrogen-bond donors (Lipinski definition) is 0. The van der Waals surface area contributed by atoms with E-state index >= 15 is 0 Å². The summed E-state index contributed by atoms with van der Waals surface area (Å²) in [5.41, 5.74) is 0. The van der Waals surface area contributed by atoms with Crippen LogP contribution in [0.3, 0.4) is 0 Å². The van der Waals surface area contributed by atoms with Crippen LogP contribution in [0.1, 0.15) is 44.9 Å². The van der Waals surface area contributed by atoms with E-state index in [-0.39, 0.29) is 12.3 Å². The molecule has 1 atom stereocenters. The van der Waals surface area contributed by atoms with Crippen molar-refractivity contribution in [3.8, 4) is 0 Å². The number of rotatable bonds is 3. The summed E-state index contributed by atoms with van der Waals surface area (Å²) in [6.45, 7) is 3.03. The van der Waals surface area contributed by atoms with E-state index in [0.29, 0.717) is 32.8 Å². The van der Waals surface area contributed by atoms with E-state index in [1.807, 2.05) is 0 Å². The predicted octanol–water partition coefficient (Wildman–Crippen LogP) is 1.33. The second-order valence-corrected chi connectivity index (χ2v) is 7.99. The number of piperidine rings is 1. The first-order valence-corrected chi connectivity index (χ1v) is 9.59. The minimum Gasteiger partial charge on any atom is -0.349 e. The lowest BCUT2D eigenvalue weighted by molar-refractivity contribution is -0.0921. The first-order chi connectivity index (χ1) is 10.2. The molecule has 0 N–H and O–H groups in total. The van der Waals surface area contributed by atoms with Gasteiger partial charge in [0.15, 0.2) is 6.29 Å². The fraction of sp³-hybridized carbons (Fsp3) is 1.00. The number of ether oxygens (including phenoxy) is 2. The van der Waals surface area contributed by atoms with Gasteiger partial charge in [0, 0.05) is 19.6 Å². The Hall–Kier alpha value is -0.210. The van der Waals surface area contributed by atoms with Crippen LogP contribution in [-0.2, 0) is 19.7 Å². The van der Waals surface area contributed by atoms with E-state index in [1.54, 1.807) is 8.61 Å². The van der Waals surface area contributed by atoms with Crippen LogP contribution < -0.4 is 0 Å². The van der Waals surface area contributed by atoms with E-state index < -0.39 is 10.2 Å². The summed E-state index contributed by atoms with van der Waals surface area (Å²) in [6, 6.07) is -0.158. The van der Waals surface area contributed by atoms with Gasteiger partial charge in [-0.25, -0.2) is 0 Å². The van der Waals surface area contributed by atoms with Crippen molar-refractivity contribution in [1.82, 2.24) is 8.61 Å². The van der Waals surface area contributed by atoms with E-state index in [1.165, 1.54) is 0 Å². The quantitative estimate of drug-likeness (QED) is 0.788. The molecule has 3 heterocycles. The van der Waals surface area contributed by atoms with E-state index in [0.717, 1.165) is 44.9 Å². The van der Waals surface area contributed by atoms with Gasteiger partial charge in [-0.3, -0.25) is 0 Å². The highest BCUT2D eigenvalue weighted by molar-refractivity contribution is 7.86. The molecule has 0 aromatic heterocycles. The summed E-state index contributed by atoms with van der Waals surface area (Å²) in [5.74, 6) is 0. The lowest BCUT2D eigenvalue weighted by Crippen LogP contribution is -2.54. The van der Waals surface area contributed by atoms with E-state index in [9.17, 15) is 8.42 Å².